The van der Waals surface area contributed by atoms with Crippen LogP contribution in [-0.4, -0.2) is 10.9 Å². The molecule has 1 aliphatic heterocycles. The Labute approximate surface area is 103 Å². The Bertz CT molecular complexity index is 733. The topological polar surface area (TPSA) is 94.7 Å². The monoisotopic (exact) mass is 238 g/mol. The zero-order valence-corrected chi connectivity index (χ0v) is 9.45. The average Bonchev–Trinajstić information content (AvgIpc) is 2.69. The summed E-state index contributed by atoms with van der Waals surface area (Å²) in [4.78, 5) is 15.0. The van der Waals surface area contributed by atoms with Crippen molar-refractivity contribution in [2.45, 2.75) is 6.42 Å². The second kappa shape index (κ2) is 3.64. The van der Waals surface area contributed by atoms with Gasteiger partial charge in [0.1, 0.15) is 11.5 Å². The van der Waals surface area contributed by atoms with E-state index in [1.807, 2.05) is 30.3 Å². The molecule has 0 fully saturated rings. The second-order valence-corrected chi connectivity index (χ2v) is 4.16. The molecule has 0 atom stereocenters. The number of aromatic amines is 1. The fourth-order valence-corrected chi connectivity index (χ4v) is 2.21. The largest absolute Gasteiger partial charge is 0.384 e. The van der Waals surface area contributed by atoms with Gasteiger partial charge in [0.15, 0.2) is 0 Å². The average molecular weight is 238 g/mol. The van der Waals surface area contributed by atoms with Crippen LogP contribution in [0, 0.1) is 11.3 Å². The minimum absolute atomic E-state index is 0.135. The maximum Gasteiger partial charge on any atom is 0.273 e. The number of nitriles is 1. The van der Waals surface area contributed by atoms with E-state index < -0.39 is 0 Å². The molecule has 0 radical (unpaired) electrons. The Morgan fingerprint density at radius 1 is 1.33 bits per heavy atom. The quantitative estimate of drug-likeness (QED) is 0.642. The number of hydrogen-bond acceptors (Lipinski definition) is 3. The van der Waals surface area contributed by atoms with Gasteiger partial charge in [-0.1, -0.05) is 18.2 Å². The standard InChI is InChI=1S/C13H10N4O/c14-6-7-5-9-8-3-1-2-4-10(8)16-11(9)13(18)17-12(7)15/h1-4,16H,5,15H2,(H,17,18). The van der Waals surface area contributed by atoms with Gasteiger partial charge >= 0.3 is 0 Å². The van der Waals surface area contributed by atoms with Crippen molar-refractivity contribution in [2.75, 3.05) is 0 Å². The molecule has 0 saturated heterocycles. The van der Waals surface area contributed by atoms with Crippen LogP contribution in [0.3, 0.4) is 0 Å². The highest BCUT2D eigenvalue weighted by Crippen LogP contribution is 2.26. The van der Waals surface area contributed by atoms with Crippen LogP contribution >= 0.6 is 0 Å². The van der Waals surface area contributed by atoms with Crippen LogP contribution in [0.4, 0.5) is 0 Å². The SMILES string of the molecule is N#CC1=C(N)NC(=O)c2[nH]c3ccccc3c2C1. The van der Waals surface area contributed by atoms with E-state index in [2.05, 4.69) is 10.3 Å². The van der Waals surface area contributed by atoms with Gasteiger partial charge in [-0.05, 0) is 11.6 Å². The molecule has 1 amide bonds. The van der Waals surface area contributed by atoms with Crippen molar-refractivity contribution in [1.29, 1.82) is 5.26 Å². The van der Waals surface area contributed by atoms with Crippen LogP contribution in [0.2, 0.25) is 0 Å². The zero-order chi connectivity index (χ0) is 12.7. The number of nitrogens with zero attached hydrogens (tertiary/aromatic N) is 1. The molecule has 1 aliphatic rings. The highest BCUT2D eigenvalue weighted by atomic mass is 16.2. The maximum atomic E-state index is 12.0. The second-order valence-electron chi connectivity index (χ2n) is 4.16. The molecule has 0 unspecified atom stereocenters. The van der Waals surface area contributed by atoms with E-state index in [1.54, 1.807) is 0 Å². The number of para-hydroxylation sites is 1. The molecule has 0 saturated carbocycles. The lowest BCUT2D eigenvalue weighted by molar-refractivity contribution is 0.0961. The van der Waals surface area contributed by atoms with E-state index in [0.717, 1.165) is 16.5 Å². The summed E-state index contributed by atoms with van der Waals surface area (Å²) >= 11 is 0. The molecular weight excluding hydrogens is 228 g/mol. The Morgan fingerprint density at radius 3 is 2.89 bits per heavy atom. The van der Waals surface area contributed by atoms with Crippen molar-refractivity contribution >= 4 is 16.8 Å². The molecule has 0 bridgehead atoms. The number of allylic oxidation sites excluding steroid dienone is 1. The number of carbonyl (C=O) groups is 1. The Hall–Kier alpha value is -2.74. The molecule has 2 aromatic rings. The molecule has 88 valence electrons. The molecule has 1 aromatic heterocycles. The van der Waals surface area contributed by atoms with Gasteiger partial charge in [-0.3, -0.25) is 4.79 Å². The van der Waals surface area contributed by atoms with Crippen LogP contribution in [0.1, 0.15) is 16.1 Å². The van der Waals surface area contributed by atoms with Gasteiger partial charge in [0.25, 0.3) is 5.91 Å². The van der Waals surface area contributed by atoms with E-state index >= 15 is 0 Å². The number of nitrogens with one attached hydrogen (secondary N) is 2. The summed E-state index contributed by atoms with van der Waals surface area (Å²) in [6, 6.07) is 9.66. The van der Waals surface area contributed by atoms with E-state index in [4.69, 9.17) is 11.0 Å². The summed E-state index contributed by atoms with van der Waals surface area (Å²) in [6.45, 7) is 0. The lowest BCUT2D eigenvalue weighted by Crippen LogP contribution is -2.27. The molecule has 18 heavy (non-hydrogen) atoms. The number of fused-ring (bicyclic) bond motifs is 3. The van der Waals surface area contributed by atoms with E-state index in [1.165, 1.54) is 0 Å². The molecule has 2 heterocycles. The van der Waals surface area contributed by atoms with Crippen molar-refractivity contribution in [3.05, 3.63) is 46.9 Å². The van der Waals surface area contributed by atoms with Gasteiger partial charge in [0.2, 0.25) is 0 Å². The molecule has 0 spiro atoms. The number of amides is 1. The predicted octanol–water partition coefficient (Wildman–Crippen LogP) is 1.15. The highest BCUT2D eigenvalue weighted by Gasteiger charge is 2.23. The molecule has 4 N–H and O–H groups in total. The number of nitrogens with two attached hydrogens (primary N) is 1. The Balaban J connectivity index is 2.30. The van der Waals surface area contributed by atoms with Crippen LogP contribution in [-0.2, 0) is 6.42 Å². The van der Waals surface area contributed by atoms with Crippen LogP contribution in [0.15, 0.2) is 35.7 Å². The first kappa shape index (κ1) is 10.4. The van der Waals surface area contributed by atoms with Gasteiger partial charge in [0.05, 0.1) is 11.6 Å². The number of rotatable bonds is 0. The summed E-state index contributed by atoms with van der Waals surface area (Å²) in [5.41, 5.74) is 8.24. The highest BCUT2D eigenvalue weighted by molar-refractivity contribution is 6.02. The fourth-order valence-electron chi connectivity index (χ4n) is 2.21. The smallest absolute Gasteiger partial charge is 0.273 e. The Morgan fingerprint density at radius 2 is 2.11 bits per heavy atom. The van der Waals surface area contributed by atoms with Crippen LogP contribution in [0.25, 0.3) is 10.9 Å². The molecule has 3 rings (SSSR count). The van der Waals surface area contributed by atoms with E-state index in [-0.39, 0.29) is 11.7 Å². The Kier molecular flexibility index (Phi) is 2.10. The summed E-state index contributed by atoms with van der Waals surface area (Å²) in [5.74, 6) is -0.167. The van der Waals surface area contributed by atoms with E-state index in [0.29, 0.717) is 17.7 Å². The van der Waals surface area contributed by atoms with E-state index in [9.17, 15) is 4.79 Å². The van der Waals surface area contributed by atoms with Gasteiger partial charge in [-0.2, -0.15) is 5.26 Å². The first-order chi connectivity index (χ1) is 8.70. The third-order valence-electron chi connectivity index (χ3n) is 3.10. The van der Waals surface area contributed by atoms with Crippen molar-refractivity contribution < 1.29 is 4.79 Å². The summed E-state index contributed by atoms with van der Waals surface area (Å²) < 4.78 is 0. The molecular formula is C13H10N4O. The number of H-pyrrole nitrogens is 1. The number of carbonyl (C=O) groups excluding carboxylic acids is 1. The first-order valence-electron chi connectivity index (χ1n) is 5.50. The molecule has 5 heteroatoms. The van der Waals surface area contributed by atoms with Gasteiger partial charge < -0.3 is 16.0 Å². The summed E-state index contributed by atoms with van der Waals surface area (Å²) in [5, 5.41) is 12.5. The number of hydrogen-bond donors (Lipinski definition) is 3. The molecule has 5 nitrogen and oxygen atoms in total. The number of aromatic nitrogens is 1. The molecule has 1 aromatic carbocycles. The van der Waals surface area contributed by atoms with Crippen molar-refractivity contribution in [1.82, 2.24) is 10.3 Å². The van der Waals surface area contributed by atoms with Crippen LogP contribution in [0.5, 0.6) is 0 Å². The van der Waals surface area contributed by atoms with Gasteiger partial charge in [-0.15, -0.1) is 0 Å². The zero-order valence-electron chi connectivity index (χ0n) is 9.45. The lowest BCUT2D eigenvalue weighted by Gasteiger charge is -2.01. The minimum Gasteiger partial charge on any atom is -0.384 e. The van der Waals surface area contributed by atoms with Gasteiger partial charge in [0, 0.05) is 17.3 Å². The predicted molar refractivity (Wildman–Crippen MR) is 66.3 cm³/mol. The normalized spacial score (nSPS) is 14.9. The fraction of sp³-hybridized carbons (Fsp3) is 0.0769. The third-order valence-corrected chi connectivity index (χ3v) is 3.10. The number of benzene rings is 1. The third kappa shape index (κ3) is 1.36. The van der Waals surface area contributed by atoms with Crippen LogP contribution < -0.4 is 11.1 Å². The lowest BCUT2D eigenvalue weighted by atomic mass is 10.0. The molecule has 0 aliphatic carbocycles. The van der Waals surface area contributed by atoms with Gasteiger partial charge in [-0.25, -0.2) is 0 Å². The minimum atomic E-state index is -0.302. The maximum absolute atomic E-state index is 12.0. The van der Waals surface area contributed by atoms with Crippen molar-refractivity contribution in [2.24, 2.45) is 5.73 Å². The summed E-state index contributed by atoms with van der Waals surface area (Å²) in [6.07, 6.45) is 0.362. The van der Waals surface area contributed by atoms with Crippen molar-refractivity contribution in [3.63, 3.8) is 0 Å². The van der Waals surface area contributed by atoms with Crippen molar-refractivity contribution in [3.8, 4) is 6.07 Å². The first-order valence-corrected chi connectivity index (χ1v) is 5.50. The summed E-state index contributed by atoms with van der Waals surface area (Å²) in [7, 11) is 0.